The summed E-state index contributed by atoms with van der Waals surface area (Å²) in [6, 6.07) is 6.97. The number of fused-ring (bicyclic) bond motifs is 1. The zero-order valence-corrected chi connectivity index (χ0v) is 17.7. The Balaban J connectivity index is 1.93. The van der Waals surface area contributed by atoms with Gasteiger partial charge >= 0.3 is 0 Å². The highest BCUT2D eigenvalue weighted by atomic mass is 16.1. The molecule has 3 heteroatoms. The SMILES string of the molecule is Cc1c(-c2[nH]c3ccc(C4C[CH]CCC4)cc3c2C(C)C)cn(C)c(=O)c1C. The summed E-state index contributed by atoms with van der Waals surface area (Å²) in [6.45, 7) is 8.51. The summed E-state index contributed by atoms with van der Waals surface area (Å²) < 4.78 is 1.70. The summed E-state index contributed by atoms with van der Waals surface area (Å²) in [5.41, 5.74) is 8.28. The van der Waals surface area contributed by atoms with Gasteiger partial charge in [0.25, 0.3) is 5.56 Å². The molecule has 1 aliphatic rings. The van der Waals surface area contributed by atoms with E-state index in [0.29, 0.717) is 11.8 Å². The van der Waals surface area contributed by atoms with Crippen molar-refractivity contribution >= 4 is 10.9 Å². The fourth-order valence-corrected chi connectivity index (χ4v) is 4.77. The van der Waals surface area contributed by atoms with E-state index >= 15 is 0 Å². The van der Waals surface area contributed by atoms with E-state index in [2.05, 4.69) is 50.4 Å². The van der Waals surface area contributed by atoms with E-state index in [4.69, 9.17) is 0 Å². The maximum absolute atomic E-state index is 12.3. The van der Waals surface area contributed by atoms with Gasteiger partial charge in [0, 0.05) is 35.3 Å². The van der Waals surface area contributed by atoms with Crippen LogP contribution in [0.1, 0.15) is 73.6 Å². The van der Waals surface area contributed by atoms with Crippen LogP contribution in [-0.2, 0) is 7.05 Å². The Hall–Kier alpha value is -2.29. The first-order valence-electron chi connectivity index (χ1n) is 10.5. The Labute approximate surface area is 167 Å². The fourth-order valence-electron chi connectivity index (χ4n) is 4.77. The molecule has 3 aromatic rings. The van der Waals surface area contributed by atoms with Gasteiger partial charge in [0.05, 0.1) is 5.69 Å². The third-order valence-electron chi connectivity index (χ3n) is 6.52. The van der Waals surface area contributed by atoms with Crippen molar-refractivity contribution in [2.75, 3.05) is 0 Å². The predicted molar refractivity (Wildman–Crippen MR) is 118 cm³/mol. The average molecular weight is 376 g/mol. The molecule has 1 radical (unpaired) electrons. The van der Waals surface area contributed by atoms with Gasteiger partial charge in [-0.25, -0.2) is 0 Å². The maximum Gasteiger partial charge on any atom is 0.253 e. The van der Waals surface area contributed by atoms with Gasteiger partial charge in [0.2, 0.25) is 0 Å². The van der Waals surface area contributed by atoms with Crippen molar-refractivity contribution in [1.29, 1.82) is 0 Å². The second-order valence-corrected chi connectivity index (χ2v) is 8.73. The van der Waals surface area contributed by atoms with Gasteiger partial charge in [-0.15, -0.1) is 0 Å². The molecule has 0 saturated heterocycles. The molecule has 147 valence electrons. The number of pyridine rings is 1. The van der Waals surface area contributed by atoms with Crippen LogP contribution in [0.2, 0.25) is 0 Å². The van der Waals surface area contributed by atoms with E-state index in [0.717, 1.165) is 22.4 Å². The third kappa shape index (κ3) is 3.11. The largest absolute Gasteiger partial charge is 0.354 e. The molecule has 1 aliphatic carbocycles. The molecule has 0 spiro atoms. The van der Waals surface area contributed by atoms with Crippen LogP contribution in [0.4, 0.5) is 0 Å². The molecule has 1 aromatic carbocycles. The summed E-state index contributed by atoms with van der Waals surface area (Å²) in [6.07, 6.45) is 9.47. The lowest BCUT2D eigenvalue weighted by atomic mass is 9.83. The molecule has 0 bridgehead atoms. The molecule has 28 heavy (non-hydrogen) atoms. The predicted octanol–water partition coefficient (Wildman–Crippen LogP) is 6.14. The Morgan fingerprint density at radius 3 is 2.64 bits per heavy atom. The van der Waals surface area contributed by atoms with Crippen molar-refractivity contribution in [1.82, 2.24) is 9.55 Å². The van der Waals surface area contributed by atoms with E-state index in [9.17, 15) is 4.79 Å². The van der Waals surface area contributed by atoms with Crippen LogP contribution in [0.25, 0.3) is 22.2 Å². The minimum Gasteiger partial charge on any atom is -0.354 e. The summed E-state index contributed by atoms with van der Waals surface area (Å²) in [7, 11) is 1.84. The van der Waals surface area contributed by atoms with Gasteiger partial charge in [-0.2, -0.15) is 0 Å². The number of aromatic nitrogens is 2. The van der Waals surface area contributed by atoms with Crippen molar-refractivity contribution in [3.05, 3.63) is 63.4 Å². The standard InChI is InChI=1S/C25H31N2O/c1-15(2)23-20-13-19(18-9-7-6-8-10-18)11-12-22(20)26-24(23)21-14-27(5)25(28)17(4)16(21)3/h7,11-15,18,26H,6,8-10H2,1-5H3. The second kappa shape index (κ2) is 7.27. The van der Waals surface area contributed by atoms with Crippen LogP contribution in [0.15, 0.2) is 29.2 Å². The zero-order valence-electron chi connectivity index (χ0n) is 17.7. The second-order valence-electron chi connectivity index (χ2n) is 8.73. The molecule has 0 amide bonds. The van der Waals surface area contributed by atoms with Gasteiger partial charge in [0.15, 0.2) is 0 Å². The Kier molecular flexibility index (Phi) is 4.95. The van der Waals surface area contributed by atoms with E-state index in [1.165, 1.54) is 47.7 Å². The van der Waals surface area contributed by atoms with Crippen molar-refractivity contribution in [2.45, 2.75) is 65.2 Å². The first-order valence-corrected chi connectivity index (χ1v) is 10.5. The highest BCUT2D eigenvalue weighted by molar-refractivity contribution is 5.92. The first kappa shape index (κ1) is 19.0. The van der Waals surface area contributed by atoms with E-state index in [1.54, 1.807) is 4.57 Å². The summed E-state index contributed by atoms with van der Waals surface area (Å²) in [5, 5.41) is 1.33. The molecule has 2 heterocycles. The monoisotopic (exact) mass is 375 g/mol. The van der Waals surface area contributed by atoms with Crippen molar-refractivity contribution < 1.29 is 0 Å². The van der Waals surface area contributed by atoms with E-state index in [-0.39, 0.29) is 5.56 Å². The normalized spacial score (nSPS) is 15.6. The topological polar surface area (TPSA) is 37.8 Å². The number of aromatic amines is 1. The van der Waals surface area contributed by atoms with Gasteiger partial charge in [-0.1, -0.05) is 32.8 Å². The number of hydrogen-bond acceptors (Lipinski definition) is 1. The quantitative estimate of drug-likeness (QED) is 0.587. The van der Waals surface area contributed by atoms with Crippen LogP contribution < -0.4 is 5.56 Å². The Morgan fingerprint density at radius 1 is 1.18 bits per heavy atom. The molecule has 2 aromatic heterocycles. The number of hydrogen-bond donors (Lipinski definition) is 1. The summed E-state index contributed by atoms with van der Waals surface area (Å²) >= 11 is 0. The Morgan fingerprint density at radius 2 is 1.96 bits per heavy atom. The van der Waals surface area contributed by atoms with Gasteiger partial charge < -0.3 is 9.55 Å². The van der Waals surface area contributed by atoms with Crippen LogP contribution >= 0.6 is 0 Å². The number of nitrogens with zero attached hydrogens (tertiary/aromatic N) is 1. The number of benzene rings is 1. The highest BCUT2D eigenvalue weighted by Crippen LogP contribution is 2.39. The summed E-state index contributed by atoms with van der Waals surface area (Å²) in [5.74, 6) is 1.05. The fraction of sp³-hybridized carbons (Fsp3) is 0.440. The molecule has 4 rings (SSSR count). The number of H-pyrrole nitrogens is 1. The number of nitrogens with one attached hydrogen (secondary N) is 1. The lowest BCUT2D eigenvalue weighted by Crippen LogP contribution is -2.20. The van der Waals surface area contributed by atoms with Crippen molar-refractivity contribution in [3.8, 4) is 11.3 Å². The molecule has 1 N–H and O–H groups in total. The minimum atomic E-state index is 0.0827. The first-order chi connectivity index (χ1) is 13.4. The van der Waals surface area contributed by atoms with Crippen LogP contribution in [0.5, 0.6) is 0 Å². The zero-order chi connectivity index (χ0) is 20.0. The molecule has 0 aliphatic heterocycles. The smallest absolute Gasteiger partial charge is 0.253 e. The highest BCUT2D eigenvalue weighted by Gasteiger charge is 2.21. The molecule has 1 atom stereocenters. The lowest BCUT2D eigenvalue weighted by Gasteiger charge is -2.22. The molecule has 1 fully saturated rings. The molecular weight excluding hydrogens is 344 g/mol. The molecular formula is C25H31N2O. The van der Waals surface area contributed by atoms with Gasteiger partial charge in [-0.05, 0) is 73.8 Å². The van der Waals surface area contributed by atoms with Crippen molar-refractivity contribution in [3.63, 3.8) is 0 Å². The van der Waals surface area contributed by atoms with Gasteiger partial charge in [-0.3, -0.25) is 4.79 Å². The lowest BCUT2D eigenvalue weighted by molar-refractivity contribution is 0.517. The molecule has 1 unspecified atom stereocenters. The number of aryl methyl sites for hydroxylation is 1. The van der Waals surface area contributed by atoms with E-state index < -0.39 is 0 Å². The minimum absolute atomic E-state index is 0.0827. The van der Waals surface area contributed by atoms with Crippen LogP contribution in [0, 0.1) is 20.3 Å². The molecule has 3 nitrogen and oxygen atoms in total. The molecule has 1 saturated carbocycles. The number of rotatable bonds is 3. The van der Waals surface area contributed by atoms with Gasteiger partial charge in [0.1, 0.15) is 0 Å². The van der Waals surface area contributed by atoms with Crippen molar-refractivity contribution in [2.24, 2.45) is 7.05 Å². The average Bonchev–Trinajstić information content (AvgIpc) is 3.08. The maximum atomic E-state index is 12.3. The van der Waals surface area contributed by atoms with E-state index in [1.807, 2.05) is 20.2 Å². The van der Waals surface area contributed by atoms with Crippen LogP contribution in [0.3, 0.4) is 0 Å². The van der Waals surface area contributed by atoms with Crippen LogP contribution in [-0.4, -0.2) is 9.55 Å². The summed E-state index contributed by atoms with van der Waals surface area (Å²) in [4.78, 5) is 16.0. The Bertz CT molecular complexity index is 1080. The third-order valence-corrected chi connectivity index (χ3v) is 6.52.